The summed E-state index contributed by atoms with van der Waals surface area (Å²) >= 11 is 8.82. The van der Waals surface area contributed by atoms with Gasteiger partial charge in [-0.15, -0.1) is 22.7 Å². The molecule has 2 heterocycles. The highest BCUT2D eigenvalue weighted by molar-refractivity contribution is 7.16. The van der Waals surface area contributed by atoms with Crippen LogP contribution in [-0.2, 0) is 0 Å². The van der Waals surface area contributed by atoms with Crippen LogP contribution in [0.2, 0.25) is 4.34 Å². The zero-order valence-corrected chi connectivity index (χ0v) is 9.92. The van der Waals surface area contributed by atoms with Crippen molar-refractivity contribution in [3.8, 4) is 0 Å². The van der Waals surface area contributed by atoms with Crippen molar-refractivity contribution in [3.05, 3.63) is 43.2 Å². The van der Waals surface area contributed by atoms with Gasteiger partial charge in [0.15, 0.2) is 0 Å². The zero-order chi connectivity index (χ0) is 10.1. The molecule has 0 saturated carbocycles. The van der Waals surface area contributed by atoms with Gasteiger partial charge in [-0.05, 0) is 36.1 Å². The van der Waals surface area contributed by atoms with E-state index < -0.39 is 6.10 Å². The van der Waals surface area contributed by atoms with E-state index in [2.05, 4.69) is 0 Å². The van der Waals surface area contributed by atoms with Crippen molar-refractivity contribution in [2.45, 2.75) is 13.0 Å². The standard InChI is InChI=1S/C10H9ClOS2/c1-6-4-5-13-10(6)9(12)7-2-3-8(11)14-7/h2-5,9,12H,1H3. The fourth-order valence-electron chi connectivity index (χ4n) is 1.27. The highest BCUT2D eigenvalue weighted by Gasteiger charge is 2.15. The summed E-state index contributed by atoms with van der Waals surface area (Å²) < 4.78 is 0.716. The van der Waals surface area contributed by atoms with Gasteiger partial charge in [-0.25, -0.2) is 0 Å². The van der Waals surface area contributed by atoms with Crippen LogP contribution in [0.4, 0.5) is 0 Å². The Labute approximate surface area is 95.6 Å². The second-order valence-corrected chi connectivity index (χ2v) is 5.71. The van der Waals surface area contributed by atoms with Crippen molar-refractivity contribution < 1.29 is 5.11 Å². The van der Waals surface area contributed by atoms with Gasteiger partial charge in [0.05, 0.1) is 4.34 Å². The van der Waals surface area contributed by atoms with E-state index in [-0.39, 0.29) is 0 Å². The molecule has 1 nitrogen and oxygen atoms in total. The molecule has 0 saturated heterocycles. The molecule has 74 valence electrons. The average molecular weight is 245 g/mol. The monoisotopic (exact) mass is 244 g/mol. The van der Waals surface area contributed by atoms with Crippen molar-refractivity contribution >= 4 is 34.3 Å². The molecule has 2 aromatic heterocycles. The third-order valence-corrected chi connectivity index (χ3v) is 4.37. The van der Waals surface area contributed by atoms with Crippen LogP contribution < -0.4 is 0 Å². The molecule has 2 aromatic rings. The van der Waals surface area contributed by atoms with Crippen LogP contribution in [0.1, 0.15) is 21.4 Å². The average Bonchev–Trinajstić information content (AvgIpc) is 2.73. The quantitative estimate of drug-likeness (QED) is 0.851. The van der Waals surface area contributed by atoms with Gasteiger partial charge in [0.25, 0.3) is 0 Å². The van der Waals surface area contributed by atoms with Crippen molar-refractivity contribution in [1.82, 2.24) is 0 Å². The maximum atomic E-state index is 10.0. The zero-order valence-electron chi connectivity index (χ0n) is 7.53. The fourth-order valence-corrected chi connectivity index (χ4v) is 3.33. The summed E-state index contributed by atoms with van der Waals surface area (Å²) in [5, 5.41) is 12.0. The Morgan fingerprint density at radius 2 is 2.14 bits per heavy atom. The molecule has 0 aromatic carbocycles. The number of hydrogen-bond donors (Lipinski definition) is 1. The Hall–Kier alpha value is -0.350. The number of halogens is 1. The molecule has 0 aliphatic rings. The van der Waals surface area contributed by atoms with Crippen molar-refractivity contribution in [3.63, 3.8) is 0 Å². The smallest absolute Gasteiger partial charge is 0.123 e. The van der Waals surface area contributed by atoms with Gasteiger partial charge in [0.2, 0.25) is 0 Å². The third-order valence-electron chi connectivity index (χ3n) is 2.01. The first-order valence-electron chi connectivity index (χ1n) is 4.16. The van der Waals surface area contributed by atoms with Crippen LogP contribution in [-0.4, -0.2) is 5.11 Å². The summed E-state index contributed by atoms with van der Waals surface area (Å²) in [6.45, 7) is 2.00. The molecule has 1 unspecified atom stereocenters. The molecule has 1 atom stereocenters. The first-order chi connectivity index (χ1) is 6.68. The number of rotatable bonds is 2. The van der Waals surface area contributed by atoms with E-state index in [1.54, 1.807) is 11.3 Å². The van der Waals surface area contributed by atoms with Gasteiger partial charge in [-0.3, -0.25) is 0 Å². The maximum absolute atomic E-state index is 10.0. The van der Waals surface area contributed by atoms with Gasteiger partial charge in [-0.1, -0.05) is 11.6 Å². The minimum Gasteiger partial charge on any atom is -0.382 e. The van der Waals surface area contributed by atoms with Crippen LogP contribution in [0.5, 0.6) is 0 Å². The Bertz CT molecular complexity index is 433. The minimum absolute atomic E-state index is 0.521. The van der Waals surface area contributed by atoms with Gasteiger partial charge in [0.1, 0.15) is 6.10 Å². The molecule has 0 bridgehead atoms. The minimum atomic E-state index is -0.521. The molecule has 14 heavy (non-hydrogen) atoms. The lowest BCUT2D eigenvalue weighted by molar-refractivity contribution is 0.227. The molecule has 0 fully saturated rings. The highest BCUT2D eigenvalue weighted by Crippen LogP contribution is 2.34. The van der Waals surface area contributed by atoms with Crippen LogP contribution in [0.3, 0.4) is 0 Å². The summed E-state index contributed by atoms with van der Waals surface area (Å²) in [6, 6.07) is 5.70. The molecule has 4 heteroatoms. The van der Waals surface area contributed by atoms with E-state index in [1.165, 1.54) is 11.3 Å². The number of hydrogen-bond acceptors (Lipinski definition) is 3. The van der Waals surface area contributed by atoms with E-state index in [9.17, 15) is 5.11 Å². The lowest BCUT2D eigenvalue weighted by Crippen LogP contribution is -1.95. The molecular weight excluding hydrogens is 236 g/mol. The van der Waals surface area contributed by atoms with Crippen molar-refractivity contribution in [1.29, 1.82) is 0 Å². The van der Waals surface area contributed by atoms with Crippen molar-refractivity contribution in [2.75, 3.05) is 0 Å². The Morgan fingerprint density at radius 1 is 1.36 bits per heavy atom. The number of aryl methyl sites for hydroxylation is 1. The molecular formula is C10H9ClOS2. The molecule has 0 radical (unpaired) electrons. The second kappa shape index (κ2) is 4.03. The highest BCUT2D eigenvalue weighted by atomic mass is 35.5. The van der Waals surface area contributed by atoms with E-state index in [1.807, 2.05) is 30.5 Å². The molecule has 2 rings (SSSR count). The van der Waals surface area contributed by atoms with E-state index >= 15 is 0 Å². The molecule has 0 amide bonds. The lowest BCUT2D eigenvalue weighted by Gasteiger charge is -2.06. The number of thiophene rings is 2. The number of aliphatic hydroxyl groups excluding tert-OH is 1. The maximum Gasteiger partial charge on any atom is 0.123 e. The third kappa shape index (κ3) is 1.86. The summed E-state index contributed by atoms with van der Waals surface area (Å²) in [4.78, 5) is 1.91. The molecule has 0 aliphatic carbocycles. The predicted octanol–water partition coefficient (Wildman–Crippen LogP) is 3.85. The summed E-state index contributed by atoms with van der Waals surface area (Å²) in [5.74, 6) is 0. The van der Waals surface area contributed by atoms with E-state index in [0.717, 1.165) is 15.3 Å². The van der Waals surface area contributed by atoms with Gasteiger partial charge < -0.3 is 5.11 Å². The molecule has 0 spiro atoms. The summed E-state index contributed by atoms with van der Waals surface area (Å²) in [6.07, 6.45) is -0.521. The van der Waals surface area contributed by atoms with Crippen molar-refractivity contribution in [2.24, 2.45) is 0 Å². The summed E-state index contributed by atoms with van der Waals surface area (Å²) in [5.41, 5.74) is 1.13. The van der Waals surface area contributed by atoms with Gasteiger partial charge in [0, 0.05) is 9.75 Å². The fraction of sp³-hybridized carbons (Fsp3) is 0.200. The Balaban J connectivity index is 2.33. The normalized spacial score (nSPS) is 13.1. The largest absolute Gasteiger partial charge is 0.382 e. The topological polar surface area (TPSA) is 20.2 Å². The first kappa shape index (κ1) is 10.2. The van der Waals surface area contributed by atoms with Crippen LogP contribution in [0.15, 0.2) is 23.6 Å². The SMILES string of the molecule is Cc1ccsc1C(O)c1ccc(Cl)s1. The first-order valence-corrected chi connectivity index (χ1v) is 6.23. The second-order valence-electron chi connectivity index (χ2n) is 3.01. The predicted molar refractivity (Wildman–Crippen MR) is 62.4 cm³/mol. The van der Waals surface area contributed by atoms with Gasteiger partial charge in [-0.2, -0.15) is 0 Å². The van der Waals surface area contributed by atoms with E-state index in [0.29, 0.717) is 4.34 Å². The van der Waals surface area contributed by atoms with Gasteiger partial charge >= 0.3 is 0 Å². The van der Waals surface area contributed by atoms with Crippen LogP contribution in [0.25, 0.3) is 0 Å². The Morgan fingerprint density at radius 3 is 2.64 bits per heavy atom. The van der Waals surface area contributed by atoms with Crippen LogP contribution >= 0.6 is 34.3 Å². The molecule has 0 aliphatic heterocycles. The van der Waals surface area contributed by atoms with E-state index in [4.69, 9.17) is 11.6 Å². The number of aliphatic hydroxyl groups is 1. The van der Waals surface area contributed by atoms with Crippen LogP contribution in [0, 0.1) is 6.92 Å². The lowest BCUT2D eigenvalue weighted by atomic mass is 10.2. The summed E-state index contributed by atoms with van der Waals surface area (Å²) in [7, 11) is 0. The Kier molecular flexibility index (Phi) is 2.93. The molecule has 1 N–H and O–H groups in total.